The number of nitrogens with zero attached hydrogens (tertiary/aromatic N) is 2. The van der Waals surface area contributed by atoms with Gasteiger partial charge in [-0.3, -0.25) is 4.79 Å². The number of hydrogen-bond donors (Lipinski definition) is 1. The van der Waals surface area contributed by atoms with Crippen LogP contribution in [0.2, 0.25) is 0 Å². The zero-order chi connectivity index (χ0) is 19.4. The largest absolute Gasteiger partial charge is 0.325 e. The minimum atomic E-state index is -0.119. The van der Waals surface area contributed by atoms with Gasteiger partial charge in [0.1, 0.15) is 11.1 Å². The summed E-state index contributed by atoms with van der Waals surface area (Å²) >= 11 is 1.28. The Bertz CT molecular complexity index is 1040. The molecule has 0 radical (unpaired) electrons. The Balaban J connectivity index is 1.77. The van der Waals surface area contributed by atoms with Gasteiger partial charge >= 0.3 is 0 Å². The third kappa shape index (κ3) is 4.66. The van der Waals surface area contributed by atoms with E-state index in [2.05, 4.69) is 42.4 Å². The number of anilines is 1. The van der Waals surface area contributed by atoms with E-state index in [4.69, 9.17) is 0 Å². The van der Waals surface area contributed by atoms with Gasteiger partial charge in [-0.1, -0.05) is 43.8 Å². The van der Waals surface area contributed by atoms with E-state index in [9.17, 15) is 10.1 Å². The zero-order valence-corrected chi connectivity index (χ0v) is 16.4. The van der Waals surface area contributed by atoms with Gasteiger partial charge < -0.3 is 5.32 Å². The average Bonchev–Trinajstić information content (AvgIpc) is 2.65. The van der Waals surface area contributed by atoms with Gasteiger partial charge in [0.2, 0.25) is 5.91 Å². The normalized spacial score (nSPS) is 10.8. The van der Waals surface area contributed by atoms with Crippen molar-refractivity contribution in [2.24, 2.45) is 0 Å². The molecule has 3 aromatic rings. The van der Waals surface area contributed by atoms with Gasteiger partial charge in [0.05, 0.1) is 16.8 Å². The Hall–Kier alpha value is -2.84. The van der Waals surface area contributed by atoms with Crippen molar-refractivity contribution in [2.75, 3.05) is 11.1 Å². The smallest absolute Gasteiger partial charge is 0.234 e. The highest BCUT2D eigenvalue weighted by Gasteiger charge is 2.11. The first-order valence-corrected chi connectivity index (χ1v) is 9.79. The van der Waals surface area contributed by atoms with Gasteiger partial charge in [-0.15, -0.1) is 0 Å². The first kappa shape index (κ1) is 18.9. The van der Waals surface area contributed by atoms with Crippen LogP contribution in [-0.2, 0) is 4.79 Å². The summed E-state index contributed by atoms with van der Waals surface area (Å²) < 4.78 is 0. The lowest BCUT2D eigenvalue weighted by Gasteiger charge is -2.09. The van der Waals surface area contributed by atoms with Crippen molar-refractivity contribution in [1.82, 2.24) is 4.98 Å². The van der Waals surface area contributed by atoms with Crippen molar-refractivity contribution >= 4 is 34.3 Å². The van der Waals surface area contributed by atoms with Crippen molar-refractivity contribution < 1.29 is 4.79 Å². The fourth-order valence-corrected chi connectivity index (χ4v) is 3.54. The van der Waals surface area contributed by atoms with Gasteiger partial charge in [-0.2, -0.15) is 5.26 Å². The van der Waals surface area contributed by atoms with Gasteiger partial charge in [0.25, 0.3) is 0 Å². The van der Waals surface area contributed by atoms with Crippen LogP contribution in [0, 0.1) is 18.3 Å². The first-order valence-electron chi connectivity index (χ1n) is 8.80. The number of nitrogens with one attached hydrogen (secondary N) is 1. The molecule has 0 saturated carbocycles. The molecule has 0 aliphatic rings. The lowest BCUT2D eigenvalue weighted by Crippen LogP contribution is -2.14. The van der Waals surface area contributed by atoms with Crippen LogP contribution < -0.4 is 5.32 Å². The lowest BCUT2D eigenvalue weighted by atomic mass is 10.0. The molecule has 2 aromatic carbocycles. The Morgan fingerprint density at radius 2 is 2.04 bits per heavy atom. The standard InChI is InChI=1S/C22H21N3OS/c1-14(2)16-7-8-20-17(10-16)11-18(12-23)22(25-20)27-13-21(26)24-19-6-4-5-15(3)9-19/h4-11,14H,13H2,1-3H3,(H,24,26). The summed E-state index contributed by atoms with van der Waals surface area (Å²) in [6, 6.07) is 17.8. The molecule has 0 aliphatic heterocycles. The molecule has 0 fully saturated rings. The molecule has 0 saturated heterocycles. The van der Waals surface area contributed by atoms with Gasteiger partial charge in [0.15, 0.2) is 0 Å². The Morgan fingerprint density at radius 1 is 1.22 bits per heavy atom. The van der Waals surface area contributed by atoms with Crippen molar-refractivity contribution in [3.8, 4) is 6.07 Å². The van der Waals surface area contributed by atoms with E-state index in [-0.39, 0.29) is 11.7 Å². The first-order chi connectivity index (χ1) is 13.0. The minimum absolute atomic E-state index is 0.119. The Morgan fingerprint density at radius 3 is 2.74 bits per heavy atom. The number of nitriles is 1. The second kappa shape index (κ2) is 8.24. The minimum Gasteiger partial charge on any atom is -0.325 e. The van der Waals surface area contributed by atoms with E-state index in [1.807, 2.05) is 43.3 Å². The number of aryl methyl sites for hydroxylation is 1. The van der Waals surface area contributed by atoms with Crippen LogP contribution in [-0.4, -0.2) is 16.6 Å². The van der Waals surface area contributed by atoms with Crippen LogP contribution in [0.15, 0.2) is 53.6 Å². The number of benzene rings is 2. The molecule has 0 atom stereocenters. The number of amides is 1. The topological polar surface area (TPSA) is 65.8 Å². The van der Waals surface area contributed by atoms with Crippen LogP contribution >= 0.6 is 11.8 Å². The summed E-state index contributed by atoms with van der Waals surface area (Å²) in [5, 5.41) is 13.9. The van der Waals surface area contributed by atoms with E-state index in [1.54, 1.807) is 0 Å². The zero-order valence-electron chi connectivity index (χ0n) is 15.6. The number of hydrogen-bond acceptors (Lipinski definition) is 4. The molecule has 5 heteroatoms. The summed E-state index contributed by atoms with van der Waals surface area (Å²) in [5.41, 5.74) is 4.40. The molecular formula is C22H21N3OS. The number of carbonyl (C=O) groups is 1. The highest BCUT2D eigenvalue weighted by Crippen LogP contribution is 2.27. The number of rotatable bonds is 5. The van der Waals surface area contributed by atoms with Crippen LogP contribution in [0.3, 0.4) is 0 Å². The average molecular weight is 375 g/mol. The SMILES string of the molecule is Cc1cccc(NC(=O)CSc2nc3ccc(C(C)C)cc3cc2C#N)c1. The number of fused-ring (bicyclic) bond motifs is 1. The number of aromatic nitrogens is 1. The molecule has 3 rings (SSSR count). The summed E-state index contributed by atoms with van der Waals surface area (Å²) in [4.78, 5) is 16.8. The van der Waals surface area contributed by atoms with Crippen LogP contribution in [0.25, 0.3) is 10.9 Å². The fraction of sp³-hybridized carbons (Fsp3) is 0.227. The highest BCUT2D eigenvalue weighted by molar-refractivity contribution is 8.00. The molecule has 0 bridgehead atoms. The van der Waals surface area contributed by atoms with E-state index < -0.39 is 0 Å². The summed E-state index contributed by atoms with van der Waals surface area (Å²) in [5.74, 6) is 0.497. The van der Waals surface area contributed by atoms with Crippen molar-refractivity contribution in [3.05, 3.63) is 65.2 Å². The van der Waals surface area contributed by atoms with Crippen LogP contribution in [0.4, 0.5) is 5.69 Å². The quantitative estimate of drug-likeness (QED) is 0.617. The maximum atomic E-state index is 12.2. The third-order valence-corrected chi connectivity index (χ3v) is 5.22. The van der Waals surface area contributed by atoms with Gasteiger partial charge in [-0.05, 0) is 54.3 Å². The van der Waals surface area contributed by atoms with Crippen molar-refractivity contribution in [3.63, 3.8) is 0 Å². The van der Waals surface area contributed by atoms with Crippen LogP contribution in [0.5, 0.6) is 0 Å². The molecule has 4 nitrogen and oxygen atoms in total. The molecule has 0 aliphatic carbocycles. The maximum absolute atomic E-state index is 12.2. The second-order valence-electron chi connectivity index (χ2n) is 6.77. The molecule has 1 amide bonds. The molecule has 136 valence electrons. The van der Waals surface area contributed by atoms with Crippen LogP contribution in [0.1, 0.15) is 36.5 Å². The second-order valence-corrected chi connectivity index (χ2v) is 7.73. The van der Waals surface area contributed by atoms with Crippen molar-refractivity contribution in [2.45, 2.75) is 31.7 Å². The summed E-state index contributed by atoms with van der Waals surface area (Å²) in [6.07, 6.45) is 0. The predicted molar refractivity (Wildman–Crippen MR) is 111 cm³/mol. The van der Waals surface area contributed by atoms with E-state index >= 15 is 0 Å². The Labute approximate surface area is 163 Å². The predicted octanol–water partition coefficient (Wildman–Crippen LogP) is 5.27. The van der Waals surface area contributed by atoms with E-state index in [1.165, 1.54) is 17.3 Å². The lowest BCUT2D eigenvalue weighted by molar-refractivity contribution is -0.113. The third-order valence-electron chi connectivity index (χ3n) is 4.23. The van der Waals surface area contributed by atoms with E-state index in [0.717, 1.165) is 22.2 Å². The van der Waals surface area contributed by atoms with E-state index in [0.29, 0.717) is 16.5 Å². The molecule has 1 aromatic heterocycles. The molecule has 0 unspecified atom stereocenters. The molecule has 27 heavy (non-hydrogen) atoms. The molecule has 1 heterocycles. The number of pyridine rings is 1. The number of thioether (sulfide) groups is 1. The fourth-order valence-electron chi connectivity index (χ4n) is 2.78. The highest BCUT2D eigenvalue weighted by atomic mass is 32.2. The van der Waals surface area contributed by atoms with Gasteiger partial charge in [-0.25, -0.2) is 4.98 Å². The number of carbonyl (C=O) groups excluding carboxylic acids is 1. The molecular weight excluding hydrogens is 354 g/mol. The van der Waals surface area contributed by atoms with Crippen molar-refractivity contribution in [1.29, 1.82) is 5.26 Å². The molecule has 0 spiro atoms. The molecule has 1 N–H and O–H groups in total. The maximum Gasteiger partial charge on any atom is 0.234 e. The summed E-state index contributed by atoms with van der Waals surface area (Å²) in [6.45, 7) is 6.25. The summed E-state index contributed by atoms with van der Waals surface area (Å²) in [7, 11) is 0. The Kier molecular flexibility index (Phi) is 5.78. The van der Waals surface area contributed by atoms with Gasteiger partial charge in [0, 0.05) is 11.1 Å². The monoisotopic (exact) mass is 375 g/mol.